The Morgan fingerprint density at radius 3 is 1.65 bits per heavy atom. The lowest BCUT2D eigenvalue weighted by Crippen LogP contribution is -2.18. The quantitative estimate of drug-likeness (QED) is 0.148. The maximum absolute atomic E-state index is 15.0. The molecule has 54 heavy (non-hydrogen) atoms. The Labute approximate surface area is 333 Å². The van der Waals surface area contributed by atoms with E-state index in [0.717, 1.165) is 39.5 Å². The molecule has 0 heterocycles. The van der Waals surface area contributed by atoms with Gasteiger partial charge in [0.05, 0.1) is 11.4 Å². The Balaban J connectivity index is 0.00000203. The number of para-hydroxylation sites is 2. The van der Waals surface area contributed by atoms with Gasteiger partial charge in [-0.25, -0.2) is 4.39 Å². The number of benzene rings is 8. The summed E-state index contributed by atoms with van der Waals surface area (Å²) in [5.74, 6) is -0.263. The van der Waals surface area contributed by atoms with Gasteiger partial charge in [0.25, 0.3) is 0 Å². The van der Waals surface area contributed by atoms with Crippen molar-refractivity contribution in [3.05, 3.63) is 187 Å². The van der Waals surface area contributed by atoms with Crippen LogP contribution in [0.15, 0.2) is 175 Å². The van der Waals surface area contributed by atoms with Crippen LogP contribution >= 0.6 is 30.1 Å². The maximum Gasteiger partial charge on any atom is 0.125 e. The van der Waals surface area contributed by atoms with Crippen molar-refractivity contribution in [3.63, 3.8) is 0 Å². The van der Waals surface area contributed by atoms with Crippen molar-refractivity contribution >= 4 is 85.8 Å². The second kappa shape index (κ2) is 15.0. The van der Waals surface area contributed by atoms with Gasteiger partial charge in [0.15, 0.2) is 0 Å². The predicted octanol–water partition coefficient (Wildman–Crippen LogP) is 15.8. The van der Waals surface area contributed by atoms with Crippen LogP contribution in [0.1, 0.15) is 38.8 Å². The first-order valence-electron chi connectivity index (χ1n) is 18.4. The van der Waals surface area contributed by atoms with Gasteiger partial charge in [-0.3, -0.25) is 0 Å². The summed E-state index contributed by atoms with van der Waals surface area (Å²) in [5.41, 5.74) is 10.9. The minimum atomic E-state index is -0.324. The minimum absolute atomic E-state index is 0.263. The van der Waals surface area contributed by atoms with Crippen molar-refractivity contribution < 1.29 is 4.39 Å². The third kappa shape index (κ3) is 6.13. The molecule has 0 atom stereocenters. The van der Waals surface area contributed by atoms with Crippen LogP contribution < -0.4 is 9.80 Å². The lowest BCUT2D eigenvalue weighted by atomic mass is 9.81. The largest absolute Gasteiger partial charge is 0.310 e. The molecule has 0 N–H and O–H groups in total. The van der Waals surface area contributed by atoms with Crippen LogP contribution in [-0.2, 0) is 5.41 Å². The summed E-state index contributed by atoms with van der Waals surface area (Å²) in [7, 11) is 1.71. The normalized spacial score (nSPS) is 12.5. The monoisotopic (exact) mass is 834 g/mol. The molecule has 5 heteroatoms. The molecule has 0 fully saturated rings. The predicted molar refractivity (Wildman–Crippen MR) is 240 cm³/mol. The lowest BCUT2D eigenvalue weighted by Gasteiger charge is -2.30. The molecule has 0 aromatic heterocycles. The van der Waals surface area contributed by atoms with E-state index in [0.29, 0.717) is 0 Å². The van der Waals surface area contributed by atoms with Crippen LogP contribution in [0.5, 0.6) is 0 Å². The van der Waals surface area contributed by atoms with Crippen LogP contribution in [0.25, 0.3) is 32.7 Å². The van der Waals surface area contributed by atoms with Crippen molar-refractivity contribution in [2.45, 2.75) is 38.0 Å². The fourth-order valence-corrected chi connectivity index (χ4v) is 9.55. The number of anilines is 6. The zero-order valence-electron chi connectivity index (χ0n) is 30.7. The summed E-state index contributed by atoms with van der Waals surface area (Å²) in [4.78, 5) is 5.79. The van der Waals surface area contributed by atoms with E-state index in [1.165, 1.54) is 49.4 Å². The fourth-order valence-electron chi connectivity index (χ4n) is 8.02. The van der Waals surface area contributed by atoms with Gasteiger partial charge in [0, 0.05) is 65.0 Å². The molecule has 8 aromatic carbocycles. The Morgan fingerprint density at radius 1 is 0.481 bits per heavy atom. The first-order valence-corrected chi connectivity index (χ1v) is 21.8. The molecule has 2 nitrogen and oxygen atoms in total. The lowest BCUT2D eigenvalue weighted by molar-refractivity contribution is 0.628. The van der Waals surface area contributed by atoms with Crippen molar-refractivity contribution in [3.8, 4) is 11.1 Å². The van der Waals surface area contributed by atoms with E-state index in [4.69, 9.17) is 0 Å². The van der Waals surface area contributed by atoms with E-state index in [1.54, 1.807) is 21.1 Å². The van der Waals surface area contributed by atoms with Crippen LogP contribution in [0.4, 0.5) is 38.5 Å². The number of halogens is 2. The number of nitrogens with zero attached hydrogens (tertiary/aromatic N) is 2. The van der Waals surface area contributed by atoms with Gasteiger partial charge < -0.3 is 9.80 Å². The molecular formula is C49H40FIN2S. The average molecular weight is 835 g/mol. The fraction of sp³-hybridized carbons (Fsp3) is 0.102. The van der Waals surface area contributed by atoms with E-state index >= 15 is 0 Å². The molecule has 1 aliphatic carbocycles. The van der Waals surface area contributed by atoms with E-state index in [1.807, 2.05) is 19.9 Å². The second-order valence-corrected chi connectivity index (χ2v) is 15.7. The van der Waals surface area contributed by atoms with Crippen LogP contribution in [0.2, 0.25) is 0 Å². The van der Waals surface area contributed by atoms with Gasteiger partial charge in [-0.1, -0.05) is 134 Å². The van der Waals surface area contributed by atoms with Gasteiger partial charge in [0.1, 0.15) is 5.82 Å². The summed E-state index contributed by atoms with van der Waals surface area (Å²) in [6.07, 6.45) is 0. The van der Waals surface area contributed by atoms with E-state index in [9.17, 15) is 4.39 Å². The summed E-state index contributed by atoms with van der Waals surface area (Å²) >= 11 is 2.35. The van der Waals surface area contributed by atoms with E-state index in [2.05, 4.69) is 190 Å². The average Bonchev–Trinajstić information content (AvgIpc) is 3.45. The molecular weight excluding hydrogens is 795 g/mol. The first kappa shape index (κ1) is 35.9. The molecule has 0 saturated carbocycles. The summed E-state index contributed by atoms with van der Waals surface area (Å²) < 4.78 is 15.0. The molecule has 0 amide bonds. The highest BCUT2D eigenvalue weighted by atomic mass is 127. The van der Waals surface area contributed by atoms with Crippen molar-refractivity contribution in [1.82, 2.24) is 0 Å². The number of hydrogen-bond donors (Lipinski definition) is 0. The van der Waals surface area contributed by atoms with Crippen LogP contribution in [0, 0.1) is 5.82 Å². The molecule has 0 aliphatic heterocycles. The molecule has 9 rings (SSSR count). The SMILES string of the molecule is CC.CC1(C)c2cc(N(c3cccc(F)c3)c3ccc(SI)c4ccccc34)ccc2-c2c1cc(N(c1ccccc1)c1ccccc1)c1ccccc21. The number of fused-ring (bicyclic) bond motifs is 6. The minimum Gasteiger partial charge on any atom is -0.310 e. The first-order chi connectivity index (χ1) is 26.4. The Hall–Kier alpha value is -5.11. The topological polar surface area (TPSA) is 6.48 Å². The van der Waals surface area contributed by atoms with E-state index in [-0.39, 0.29) is 11.2 Å². The van der Waals surface area contributed by atoms with Gasteiger partial charge >= 0.3 is 0 Å². The van der Waals surface area contributed by atoms with E-state index < -0.39 is 0 Å². The van der Waals surface area contributed by atoms with Gasteiger partial charge in [-0.05, 0) is 106 Å². The van der Waals surface area contributed by atoms with Gasteiger partial charge in [-0.2, -0.15) is 0 Å². The highest BCUT2D eigenvalue weighted by molar-refractivity contribution is 14.2. The molecule has 0 saturated heterocycles. The molecule has 266 valence electrons. The molecule has 0 radical (unpaired) electrons. The Morgan fingerprint density at radius 2 is 1.02 bits per heavy atom. The molecule has 0 bridgehead atoms. The Kier molecular flexibility index (Phi) is 9.95. The molecule has 8 aromatic rings. The summed E-state index contributed by atoms with van der Waals surface area (Å²) in [6, 6.07) is 59.0. The van der Waals surface area contributed by atoms with Crippen LogP contribution in [0.3, 0.4) is 0 Å². The van der Waals surface area contributed by atoms with Gasteiger partial charge in [0.2, 0.25) is 0 Å². The molecule has 0 unspecified atom stereocenters. The molecule has 0 spiro atoms. The zero-order valence-corrected chi connectivity index (χ0v) is 33.7. The summed E-state index contributed by atoms with van der Waals surface area (Å²) in [5, 5.41) is 4.72. The number of rotatable bonds is 7. The second-order valence-electron chi connectivity index (χ2n) is 13.7. The van der Waals surface area contributed by atoms with Crippen molar-refractivity contribution in [1.29, 1.82) is 0 Å². The Bertz CT molecular complexity index is 2580. The number of hydrogen-bond acceptors (Lipinski definition) is 3. The van der Waals surface area contributed by atoms with Crippen molar-refractivity contribution in [2.24, 2.45) is 0 Å². The standard InChI is InChI=1S/C47H34FIN2S.C2H6/c1-47(2)41-29-35(51(34-19-13-14-31(48)28-34)43-26-27-45(52-49)38-22-11-9-20-36(38)43)24-25-40(41)46-39-23-12-10-21-37(39)44(30-42(46)47)50(32-15-5-3-6-16-32)33-17-7-4-8-18-33;1-2/h3-30H,1-2H3;1-2H3. The van der Waals surface area contributed by atoms with Crippen molar-refractivity contribution in [2.75, 3.05) is 9.80 Å². The smallest absolute Gasteiger partial charge is 0.125 e. The third-order valence-corrected chi connectivity index (χ3v) is 12.4. The molecule has 1 aliphatic rings. The summed E-state index contributed by atoms with van der Waals surface area (Å²) in [6.45, 7) is 8.67. The highest BCUT2D eigenvalue weighted by Gasteiger charge is 2.38. The van der Waals surface area contributed by atoms with Crippen LogP contribution in [-0.4, -0.2) is 0 Å². The zero-order chi connectivity index (χ0) is 37.4. The third-order valence-electron chi connectivity index (χ3n) is 10.4. The maximum atomic E-state index is 15.0. The van der Waals surface area contributed by atoms with Gasteiger partial charge in [-0.15, -0.1) is 0 Å². The highest BCUT2D eigenvalue weighted by Crippen LogP contribution is 2.56.